The van der Waals surface area contributed by atoms with Gasteiger partial charge in [-0.1, -0.05) is 26.0 Å². The highest BCUT2D eigenvalue weighted by Crippen LogP contribution is 2.21. The molecule has 0 amide bonds. The maximum atomic E-state index is 10.5. The third-order valence-corrected chi connectivity index (χ3v) is 3.44. The first-order valence-electron chi connectivity index (χ1n) is 7.49. The molecule has 5 nitrogen and oxygen atoms in total. The van der Waals surface area contributed by atoms with Crippen LogP contribution in [0, 0.1) is 5.92 Å². The Labute approximate surface area is 131 Å². The smallest absolute Gasteiger partial charge is 0.138 e. The molecule has 2 aromatic rings. The summed E-state index contributed by atoms with van der Waals surface area (Å²) >= 11 is 0. The molecule has 0 saturated heterocycles. The number of hydrogen-bond acceptors (Lipinski definition) is 4. The van der Waals surface area contributed by atoms with Gasteiger partial charge < -0.3 is 10.0 Å². The largest absolute Gasteiger partial charge is 0.387 e. The number of aromatic nitrogens is 3. The summed E-state index contributed by atoms with van der Waals surface area (Å²) in [5.74, 6) is 0.401. The van der Waals surface area contributed by atoms with Gasteiger partial charge in [0.25, 0.3) is 0 Å². The molecule has 22 heavy (non-hydrogen) atoms. The highest BCUT2D eigenvalue weighted by Gasteiger charge is 2.15. The molecule has 1 heterocycles. The molecule has 0 aliphatic rings. The van der Waals surface area contributed by atoms with Crippen LogP contribution >= 0.6 is 0 Å². The Bertz CT molecular complexity index is 600. The molecule has 5 heteroatoms. The molecule has 0 aliphatic heterocycles. The van der Waals surface area contributed by atoms with E-state index in [1.54, 1.807) is 11.0 Å². The quantitative estimate of drug-likeness (QED) is 0.891. The third-order valence-electron chi connectivity index (χ3n) is 3.44. The number of anilines is 1. The van der Waals surface area contributed by atoms with Crippen molar-refractivity contribution in [3.8, 4) is 0 Å². The second-order valence-electron chi connectivity index (χ2n) is 6.04. The molecule has 0 bridgehead atoms. The van der Waals surface area contributed by atoms with Crippen molar-refractivity contribution in [1.82, 2.24) is 14.8 Å². The van der Waals surface area contributed by atoms with E-state index in [1.807, 2.05) is 32.3 Å². The number of benzene rings is 1. The molecule has 0 radical (unpaired) electrons. The van der Waals surface area contributed by atoms with E-state index in [0.717, 1.165) is 16.9 Å². The van der Waals surface area contributed by atoms with Gasteiger partial charge in [0.15, 0.2) is 0 Å². The molecule has 0 aliphatic carbocycles. The van der Waals surface area contributed by atoms with E-state index >= 15 is 0 Å². The SMILES string of the molecule is CC(C)CC(O)/C(=C/c1ccc(N(C)C)cc1)n1cncn1. The summed E-state index contributed by atoms with van der Waals surface area (Å²) in [6.07, 6.45) is 5.16. The first-order valence-corrected chi connectivity index (χ1v) is 7.49. The Kier molecular flexibility index (Phi) is 5.33. The van der Waals surface area contributed by atoms with E-state index in [2.05, 4.69) is 41.0 Å². The van der Waals surface area contributed by atoms with Gasteiger partial charge in [-0.3, -0.25) is 0 Å². The van der Waals surface area contributed by atoms with Gasteiger partial charge in [0, 0.05) is 19.8 Å². The fourth-order valence-corrected chi connectivity index (χ4v) is 2.26. The molecule has 118 valence electrons. The van der Waals surface area contributed by atoms with Crippen molar-refractivity contribution in [2.45, 2.75) is 26.4 Å². The molecule has 1 aromatic carbocycles. The van der Waals surface area contributed by atoms with Crippen LogP contribution in [0.3, 0.4) is 0 Å². The van der Waals surface area contributed by atoms with Gasteiger partial charge in [-0.25, -0.2) is 9.67 Å². The van der Waals surface area contributed by atoms with Crippen LogP contribution in [-0.4, -0.2) is 40.1 Å². The minimum atomic E-state index is -0.574. The van der Waals surface area contributed by atoms with Gasteiger partial charge in [0.05, 0.1) is 11.8 Å². The molecule has 2 rings (SSSR count). The summed E-state index contributed by atoms with van der Waals surface area (Å²) in [5, 5.41) is 14.6. The van der Waals surface area contributed by atoms with Crippen molar-refractivity contribution < 1.29 is 5.11 Å². The molecular weight excluding hydrogens is 276 g/mol. The molecular formula is C17H24N4O. The molecule has 0 saturated carbocycles. The first kappa shape index (κ1) is 16.2. The highest BCUT2D eigenvalue weighted by molar-refractivity contribution is 5.73. The summed E-state index contributed by atoms with van der Waals surface area (Å²) in [7, 11) is 4.02. The second kappa shape index (κ2) is 7.22. The lowest BCUT2D eigenvalue weighted by atomic mass is 10.0. The third kappa shape index (κ3) is 4.18. The van der Waals surface area contributed by atoms with Crippen LogP contribution in [0.2, 0.25) is 0 Å². The van der Waals surface area contributed by atoms with Crippen LogP contribution in [0.25, 0.3) is 11.8 Å². The van der Waals surface area contributed by atoms with Crippen LogP contribution in [-0.2, 0) is 0 Å². The van der Waals surface area contributed by atoms with E-state index in [-0.39, 0.29) is 0 Å². The summed E-state index contributed by atoms with van der Waals surface area (Å²) in [6.45, 7) is 4.18. The summed E-state index contributed by atoms with van der Waals surface area (Å²) in [4.78, 5) is 6.03. The van der Waals surface area contributed by atoms with Crippen LogP contribution in [0.4, 0.5) is 5.69 Å². The highest BCUT2D eigenvalue weighted by atomic mass is 16.3. The summed E-state index contributed by atoms with van der Waals surface area (Å²) in [5.41, 5.74) is 2.91. The minimum Gasteiger partial charge on any atom is -0.387 e. The number of aliphatic hydroxyl groups excluding tert-OH is 1. The molecule has 1 aromatic heterocycles. The van der Waals surface area contributed by atoms with Crippen LogP contribution < -0.4 is 4.90 Å². The Hall–Kier alpha value is -2.14. The van der Waals surface area contributed by atoms with Gasteiger partial charge in [-0.05, 0) is 36.1 Å². The van der Waals surface area contributed by atoms with Crippen molar-refractivity contribution in [3.05, 3.63) is 42.5 Å². The molecule has 0 fully saturated rings. The topological polar surface area (TPSA) is 54.2 Å². The Morgan fingerprint density at radius 2 is 1.95 bits per heavy atom. The average Bonchev–Trinajstić information content (AvgIpc) is 2.98. The van der Waals surface area contributed by atoms with Crippen molar-refractivity contribution >= 4 is 17.5 Å². The average molecular weight is 300 g/mol. The minimum absolute atomic E-state index is 0.401. The number of hydrogen-bond donors (Lipinski definition) is 1. The summed E-state index contributed by atoms with van der Waals surface area (Å²) < 4.78 is 1.63. The zero-order valence-electron chi connectivity index (χ0n) is 13.6. The Morgan fingerprint density at radius 1 is 1.27 bits per heavy atom. The van der Waals surface area contributed by atoms with E-state index < -0.39 is 6.10 Å². The first-order chi connectivity index (χ1) is 10.5. The monoisotopic (exact) mass is 300 g/mol. The normalized spacial score (nSPS) is 13.5. The lowest BCUT2D eigenvalue weighted by Crippen LogP contribution is -2.17. The molecule has 1 atom stereocenters. The standard InChI is InChI=1S/C17H24N4O/c1-13(2)9-17(22)16(21-12-18-11-19-21)10-14-5-7-15(8-6-14)20(3)4/h5-8,10-13,17,22H,9H2,1-4H3/b16-10-. The van der Waals surface area contributed by atoms with E-state index in [9.17, 15) is 5.11 Å². The van der Waals surface area contributed by atoms with Crippen LogP contribution in [0.5, 0.6) is 0 Å². The predicted octanol–water partition coefficient (Wildman–Crippen LogP) is 2.75. The van der Waals surface area contributed by atoms with Gasteiger partial charge in [0.2, 0.25) is 0 Å². The van der Waals surface area contributed by atoms with Gasteiger partial charge in [-0.15, -0.1) is 0 Å². The van der Waals surface area contributed by atoms with Crippen molar-refractivity contribution in [2.24, 2.45) is 5.92 Å². The van der Waals surface area contributed by atoms with Crippen molar-refractivity contribution in [3.63, 3.8) is 0 Å². The molecule has 0 spiro atoms. The Balaban J connectivity index is 2.31. The number of aliphatic hydroxyl groups is 1. The molecule has 1 N–H and O–H groups in total. The van der Waals surface area contributed by atoms with Gasteiger partial charge in [-0.2, -0.15) is 5.10 Å². The maximum absolute atomic E-state index is 10.5. The number of rotatable bonds is 6. The summed E-state index contributed by atoms with van der Waals surface area (Å²) in [6, 6.07) is 8.18. The zero-order valence-corrected chi connectivity index (χ0v) is 13.6. The fraction of sp³-hybridized carbons (Fsp3) is 0.412. The predicted molar refractivity (Wildman–Crippen MR) is 90.4 cm³/mol. The van der Waals surface area contributed by atoms with Gasteiger partial charge in [0.1, 0.15) is 12.7 Å². The Morgan fingerprint density at radius 3 is 2.45 bits per heavy atom. The number of nitrogens with zero attached hydrogens (tertiary/aromatic N) is 4. The fourth-order valence-electron chi connectivity index (χ4n) is 2.26. The van der Waals surface area contributed by atoms with E-state index in [0.29, 0.717) is 12.3 Å². The van der Waals surface area contributed by atoms with E-state index in [4.69, 9.17) is 0 Å². The van der Waals surface area contributed by atoms with Crippen LogP contribution in [0.15, 0.2) is 36.9 Å². The second-order valence-corrected chi connectivity index (χ2v) is 6.04. The molecule has 1 unspecified atom stereocenters. The van der Waals surface area contributed by atoms with Gasteiger partial charge >= 0.3 is 0 Å². The lowest BCUT2D eigenvalue weighted by molar-refractivity contribution is 0.197. The van der Waals surface area contributed by atoms with Crippen molar-refractivity contribution in [2.75, 3.05) is 19.0 Å². The van der Waals surface area contributed by atoms with E-state index in [1.165, 1.54) is 6.33 Å². The van der Waals surface area contributed by atoms with Crippen molar-refractivity contribution in [1.29, 1.82) is 0 Å². The zero-order chi connectivity index (χ0) is 16.1. The maximum Gasteiger partial charge on any atom is 0.138 e. The van der Waals surface area contributed by atoms with Crippen LogP contribution in [0.1, 0.15) is 25.8 Å². The lowest BCUT2D eigenvalue weighted by Gasteiger charge is -2.17.